The largest absolute Gasteiger partial charge is 0.465 e. The minimum absolute atomic E-state index is 0.145. The molecular weight excluding hydrogens is 432 g/mol. The van der Waals surface area contributed by atoms with Crippen LogP contribution in [-0.4, -0.2) is 39.2 Å². The lowest BCUT2D eigenvalue weighted by Gasteiger charge is -2.35. The molecule has 3 N–H and O–H groups in total. The van der Waals surface area contributed by atoms with Gasteiger partial charge in [0.1, 0.15) is 0 Å². The molecule has 160 valence electrons. The molecule has 0 aliphatic carbocycles. The van der Waals surface area contributed by atoms with E-state index in [1.165, 1.54) is 11.9 Å². The maximum Gasteiger partial charge on any atom is 0.413 e. The number of fused-ring (bicyclic) bond motifs is 2. The van der Waals surface area contributed by atoms with Gasteiger partial charge in [0, 0.05) is 34.4 Å². The van der Waals surface area contributed by atoms with E-state index in [4.69, 9.17) is 11.6 Å². The number of anilines is 2. The minimum atomic E-state index is -1.81. The smallest absolute Gasteiger partial charge is 0.413 e. The molecule has 1 aliphatic heterocycles. The Labute approximate surface area is 187 Å². The Morgan fingerprint density at radius 2 is 1.91 bits per heavy atom. The number of aliphatic hydroxyl groups is 1. The molecule has 32 heavy (non-hydrogen) atoms. The maximum absolute atomic E-state index is 13.4. The van der Waals surface area contributed by atoms with Gasteiger partial charge in [-0.2, -0.15) is 0 Å². The first-order valence-electron chi connectivity index (χ1n) is 9.69. The third-order valence-corrected chi connectivity index (χ3v) is 5.84. The Morgan fingerprint density at radius 1 is 1.12 bits per heavy atom. The van der Waals surface area contributed by atoms with Gasteiger partial charge in [-0.15, -0.1) is 0 Å². The fourth-order valence-electron chi connectivity index (χ4n) is 4.03. The molecule has 0 spiro atoms. The lowest BCUT2D eigenvalue weighted by atomic mass is 9.93. The van der Waals surface area contributed by atoms with Gasteiger partial charge in [-0.3, -0.25) is 14.6 Å². The molecule has 1 aromatic heterocycles. The molecule has 9 heteroatoms. The Bertz CT molecular complexity index is 1400. The Morgan fingerprint density at radius 3 is 2.66 bits per heavy atom. The molecule has 4 aromatic rings. The van der Waals surface area contributed by atoms with Gasteiger partial charge in [-0.25, -0.2) is 9.78 Å². The van der Waals surface area contributed by atoms with Crippen LogP contribution in [0.3, 0.4) is 0 Å². The van der Waals surface area contributed by atoms with E-state index < -0.39 is 11.8 Å². The summed E-state index contributed by atoms with van der Waals surface area (Å²) in [5.41, 5.74) is 0.900. The Hall–Kier alpha value is -3.88. The van der Waals surface area contributed by atoms with Crippen molar-refractivity contribution in [3.05, 3.63) is 88.4 Å². The zero-order valence-corrected chi connectivity index (χ0v) is 17.5. The molecule has 2 amide bonds. The van der Waals surface area contributed by atoms with Gasteiger partial charge in [0.05, 0.1) is 11.0 Å². The number of H-pyrrole nitrogens is 1. The van der Waals surface area contributed by atoms with E-state index in [1.54, 1.807) is 66.7 Å². The van der Waals surface area contributed by atoms with Crippen LogP contribution < -0.4 is 9.80 Å². The highest BCUT2D eigenvalue weighted by atomic mass is 35.5. The number of halogens is 1. The van der Waals surface area contributed by atoms with E-state index in [0.29, 0.717) is 38.4 Å². The maximum atomic E-state index is 13.4. The zero-order valence-electron chi connectivity index (χ0n) is 16.8. The Balaban J connectivity index is 1.72. The van der Waals surface area contributed by atoms with Crippen molar-refractivity contribution in [3.8, 4) is 0 Å². The van der Waals surface area contributed by atoms with E-state index in [-0.39, 0.29) is 11.9 Å². The predicted molar refractivity (Wildman–Crippen MR) is 120 cm³/mol. The number of nitrogens with one attached hydrogen (secondary N) is 1. The minimum Gasteiger partial charge on any atom is -0.465 e. The molecule has 0 saturated heterocycles. The third-order valence-electron chi connectivity index (χ3n) is 5.60. The van der Waals surface area contributed by atoms with Crippen LogP contribution in [0.15, 0.2) is 66.7 Å². The fourth-order valence-corrected chi connectivity index (χ4v) is 4.21. The molecule has 2 heterocycles. The van der Waals surface area contributed by atoms with Gasteiger partial charge in [0.15, 0.2) is 5.72 Å². The number of amides is 2. The summed E-state index contributed by atoms with van der Waals surface area (Å²) in [4.78, 5) is 34.1. The third kappa shape index (κ3) is 2.84. The number of aromatic nitrogens is 2. The van der Waals surface area contributed by atoms with Gasteiger partial charge in [0.25, 0.3) is 5.91 Å². The summed E-state index contributed by atoms with van der Waals surface area (Å²) in [5.74, 6) is -0.215. The van der Waals surface area contributed by atoms with Gasteiger partial charge < -0.3 is 15.2 Å². The van der Waals surface area contributed by atoms with Crippen LogP contribution >= 0.6 is 11.6 Å². The highest BCUT2D eigenvalue weighted by molar-refractivity contribution is 6.31. The average Bonchev–Trinajstić information content (AvgIpc) is 3.30. The number of benzene rings is 3. The highest BCUT2D eigenvalue weighted by Gasteiger charge is 2.50. The lowest BCUT2D eigenvalue weighted by Crippen LogP contribution is -2.45. The summed E-state index contributed by atoms with van der Waals surface area (Å²) in [7, 11) is 1.38. The van der Waals surface area contributed by atoms with E-state index in [2.05, 4.69) is 9.97 Å². The second-order valence-corrected chi connectivity index (χ2v) is 7.91. The second kappa shape index (κ2) is 7.08. The van der Waals surface area contributed by atoms with Crippen LogP contribution in [0.1, 0.15) is 21.5 Å². The van der Waals surface area contributed by atoms with E-state index >= 15 is 0 Å². The number of carbonyl (C=O) groups is 2. The van der Waals surface area contributed by atoms with Crippen LogP contribution in [0, 0.1) is 0 Å². The molecule has 0 radical (unpaired) electrons. The standard InChI is InChI=1S/C23H17ClN4O4/c1-27(22(30)31)21-25-18-10-9-13(11-19(18)26-21)23(32)17-8-3-2-7-16(17)20(29)28(23)15-6-4-5-14(24)12-15/h2-12,32H,1H3,(H,25,26)(H,30,31). The van der Waals surface area contributed by atoms with Gasteiger partial charge in [-0.1, -0.05) is 41.9 Å². The molecule has 1 unspecified atom stereocenters. The predicted octanol–water partition coefficient (Wildman–Crippen LogP) is 4.18. The van der Waals surface area contributed by atoms with Crippen molar-refractivity contribution in [1.82, 2.24) is 9.97 Å². The number of carbonyl (C=O) groups excluding carboxylic acids is 1. The van der Waals surface area contributed by atoms with Crippen molar-refractivity contribution in [1.29, 1.82) is 0 Å². The molecule has 0 bridgehead atoms. The number of hydrogen-bond acceptors (Lipinski definition) is 4. The van der Waals surface area contributed by atoms with Gasteiger partial charge in [-0.05, 0) is 36.4 Å². The number of rotatable bonds is 3. The summed E-state index contributed by atoms with van der Waals surface area (Å²) < 4.78 is 0. The first-order valence-corrected chi connectivity index (χ1v) is 10.1. The monoisotopic (exact) mass is 448 g/mol. The number of nitrogens with zero attached hydrogens (tertiary/aromatic N) is 3. The lowest BCUT2D eigenvalue weighted by molar-refractivity contribution is 0.0704. The summed E-state index contributed by atoms with van der Waals surface area (Å²) in [5, 5.41) is 21.7. The van der Waals surface area contributed by atoms with E-state index in [9.17, 15) is 19.8 Å². The topological polar surface area (TPSA) is 110 Å². The van der Waals surface area contributed by atoms with Crippen molar-refractivity contribution in [2.75, 3.05) is 16.8 Å². The number of hydrogen-bond donors (Lipinski definition) is 3. The summed E-state index contributed by atoms with van der Waals surface area (Å²) in [6.45, 7) is 0. The molecular formula is C23H17ClN4O4. The first-order chi connectivity index (χ1) is 15.3. The highest BCUT2D eigenvalue weighted by Crippen LogP contribution is 2.45. The number of carboxylic acid groups (broad SMARTS) is 1. The molecule has 3 aromatic carbocycles. The molecule has 1 aliphatic rings. The summed E-state index contributed by atoms with van der Waals surface area (Å²) in [6, 6.07) is 18.6. The number of aromatic amines is 1. The first kappa shape index (κ1) is 20.0. The van der Waals surface area contributed by atoms with E-state index in [0.717, 1.165) is 4.90 Å². The Kier molecular flexibility index (Phi) is 4.44. The van der Waals surface area contributed by atoms with E-state index in [1.807, 2.05) is 0 Å². The van der Waals surface area contributed by atoms with Gasteiger partial charge in [0.2, 0.25) is 5.95 Å². The second-order valence-electron chi connectivity index (χ2n) is 7.47. The molecule has 0 saturated carbocycles. The molecule has 8 nitrogen and oxygen atoms in total. The summed E-state index contributed by atoms with van der Waals surface area (Å²) in [6.07, 6.45) is -1.16. The fraction of sp³-hybridized carbons (Fsp3) is 0.0870. The summed E-state index contributed by atoms with van der Waals surface area (Å²) >= 11 is 6.17. The number of imidazole rings is 1. The normalized spacial score (nSPS) is 17.6. The zero-order chi connectivity index (χ0) is 22.6. The van der Waals surface area contributed by atoms with Gasteiger partial charge >= 0.3 is 6.09 Å². The molecule has 5 rings (SSSR count). The van der Waals surface area contributed by atoms with Crippen LogP contribution in [0.5, 0.6) is 0 Å². The van der Waals surface area contributed by atoms with Crippen molar-refractivity contribution in [3.63, 3.8) is 0 Å². The van der Waals surface area contributed by atoms with Crippen LogP contribution in [0.25, 0.3) is 11.0 Å². The van der Waals surface area contributed by atoms with Crippen LogP contribution in [0.2, 0.25) is 5.02 Å². The van der Waals surface area contributed by atoms with Crippen LogP contribution in [0.4, 0.5) is 16.4 Å². The van der Waals surface area contributed by atoms with Crippen molar-refractivity contribution >= 4 is 46.3 Å². The van der Waals surface area contributed by atoms with Crippen molar-refractivity contribution in [2.24, 2.45) is 0 Å². The van der Waals surface area contributed by atoms with Crippen LogP contribution in [-0.2, 0) is 5.72 Å². The molecule has 0 fully saturated rings. The van der Waals surface area contributed by atoms with Crippen molar-refractivity contribution < 1.29 is 19.8 Å². The average molecular weight is 449 g/mol. The SMILES string of the molecule is CN(C(=O)O)c1nc2ccc(C3(O)c4ccccc4C(=O)N3c3cccc(Cl)c3)cc2[nH]1. The molecule has 1 atom stereocenters. The van der Waals surface area contributed by atoms with Crippen molar-refractivity contribution in [2.45, 2.75) is 5.72 Å². The quantitative estimate of drug-likeness (QED) is 0.435.